The molecule has 1 saturated carbocycles. The maximum absolute atomic E-state index is 6.39. The van der Waals surface area contributed by atoms with Crippen molar-refractivity contribution in [3.05, 3.63) is 32.9 Å². The van der Waals surface area contributed by atoms with Crippen LogP contribution in [0.15, 0.2) is 18.2 Å². The number of aryl methyl sites for hydroxylation is 1. The van der Waals surface area contributed by atoms with Crippen molar-refractivity contribution in [1.29, 1.82) is 0 Å². The van der Waals surface area contributed by atoms with Crippen LogP contribution in [-0.4, -0.2) is 0 Å². The normalized spacial score (nSPS) is 19.2. The first-order chi connectivity index (χ1) is 8.18. The summed E-state index contributed by atoms with van der Waals surface area (Å²) in [7, 11) is 0. The summed E-state index contributed by atoms with van der Waals surface area (Å²) in [6, 6.07) is 6.72. The highest BCUT2D eigenvalue weighted by molar-refractivity contribution is 14.1. The molecule has 1 aliphatic rings. The second-order valence-electron chi connectivity index (χ2n) is 5.32. The summed E-state index contributed by atoms with van der Waals surface area (Å²) >= 11 is 2.43. The topological polar surface area (TPSA) is 26.0 Å². The molecule has 0 aromatic heterocycles. The average Bonchev–Trinajstić information content (AvgIpc) is 2.34. The van der Waals surface area contributed by atoms with E-state index in [9.17, 15) is 0 Å². The third-order valence-electron chi connectivity index (χ3n) is 3.93. The van der Waals surface area contributed by atoms with E-state index in [-0.39, 0.29) is 6.04 Å². The van der Waals surface area contributed by atoms with Crippen LogP contribution in [0.3, 0.4) is 0 Å². The summed E-state index contributed by atoms with van der Waals surface area (Å²) < 4.78 is 1.36. The van der Waals surface area contributed by atoms with E-state index in [1.165, 1.54) is 53.2 Å². The Bertz CT molecular complexity index is 369. The van der Waals surface area contributed by atoms with Crippen LogP contribution < -0.4 is 5.73 Å². The summed E-state index contributed by atoms with van der Waals surface area (Å²) in [6.45, 7) is 2.17. The van der Waals surface area contributed by atoms with Gasteiger partial charge in [-0.25, -0.2) is 0 Å². The quantitative estimate of drug-likeness (QED) is 0.800. The molecule has 94 valence electrons. The molecule has 0 heterocycles. The van der Waals surface area contributed by atoms with Crippen molar-refractivity contribution in [1.82, 2.24) is 0 Å². The van der Waals surface area contributed by atoms with Gasteiger partial charge >= 0.3 is 0 Å². The molecule has 0 bridgehead atoms. The Morgan fingerprint density at radius 1 is 1.29 bits per heavy atom. The van der Waals surface area contributed by atoms with Gasteiger partial charge in [0.1, 0.15) is 0 Å². The molecule has 1 aromatic carbocycles. The zero-order chi connectivity index (χ0) is 12.3. The Hall–Kier alpha value is -0.0900. The maximum atomic E-state index is 6.39. The third-order valence-corrected chi connectivity index (χ3v) is 5.41. The third kappa shape index (κ3) is 3.44. The maximum Gasteiger partial charge on any atom is 0.0308 e. The van der Waals surface area contributed by atoms with Crippen molar-refractivity contribution >= 4 is 22.6 Å². The first kappa shape index (κ1) is 13.3. The highest BCUT2D eigenvalue weighted by Crippen LogP contribution is 2.32. The number of nitrogens with two attached hydrogens (primary N) is 1. The van der Waals surface area contributed by atoms with Crippen molar-refractivity contribution in [3.8, 4) is 0 Å². The van der Waals surface area contributed by atoms with Gasteiger partial charge in [-0.05, 0) is 53.0 Å². The minimum atomic E-state index is 0.227. The lowest BCUT2D eigenvalue weighted by Gasteiger charge is -2.25. The first-order valence-electron chi connectivity index (χ1n) is 6.69. The van der Waals surface area contributed by atoms with E-state index in [0.717, 1.165) is 5.92 Å². The van der Waals surface area contributed by atoms with Crippen molar-refractivity contribution in [3.63, 3.8) is 0 Å². The molecule has 2 heteroatoms. The second kappa shape index (κ2) is 6.19. The summed E-state index contributed by atoms with van der Waals surface area (Å²) in [4.78, 5) is 0. The molecule has 1 atom stereocenters. The lowest BCUT2D eigenvalue weighted by molar-refractivity contribution is 0.319. The number of halogens is 1. The zero-order valence-electron chi connectivity index (χ0n) is 10.6. The van der Waals surface area contributed by atoms with Crippen LogP contribution in [0.25, 0.3) is 0 Å². The summed E-state index contributed by atoms with van der Waals surface area (Å²) in [5.74, 6) is 0.857. The smallest absolute Gasteiger partial charge is 0.0308 e. The van der Waals surface area contributed by atoms with Gasteiger partial charge in [-0.1, -0.05) is 50.3 Å². The summed E-state index contributed by atoms with van der Waals surface area (Å²) in [5, 5.41) is 0. The lowest BCUT2D eigenvalue weighted by atomic mass is 9.83. The Labute approximate surface area is 118 Å². The van der Waals surface area contributed by atoms with Crippen LogP contribution >= 0.6 is 22.6 Å². The predicted octanol–water partition coefficient (Wildman–Crippen LogP) is 4.57. The zero-order valence-corrected chi connectivity index (χ0v) is 12.7. The highest BCUT2D eigenvalue weighted by atomic mass is 127. The van der Waals surface area contributed by atoms with Crippen molar-refractivity contribution in [2.24, 2.45) is 11.7 Å². The van der Waals surface area contributed by atoms with Crippen molar-refractivity contribution in [2.75, 3.05) is 0 Å². The molecule has 1 aliphatic carbocycles. The SMILES string of the molecule is Cc1cccc(C(N)CC2CCCCC2)c1I. The number of hydrogen-bond donors (Lipinski definition) is 1. The van der Waals surface area contributed by atoms with Crippen molar-refractivity contribution < 1.29 is 0 Å². The van der Waals surface area contributed by atoms with E-state index in [2.05, 4.69) is 47.7 Å². The molecule has 1 fully saturated rings. The van der Waals surface area contributed by atoms with E-state index in [0.29, 0.717) is 0 Å². The molecule has 0 saturated heterocycles. The fourth-order valence-electron chi connectivity index (χ4n) is 2.87. The van der Waals surface area contributed by atoms with Gasteiger partial charge in [0.2, 0.25) is 0 Å². The van der Waals surface area contributed by atoms with Crippen LogP contribution in [0, 0.1) is 16.4 Å². The fraction of sp³-hybridized carbons (Fsp3) is 0.600. The van der Waals surface area contributed by atoms with Gasteiger partial charge in [0.05, 0.1) is 0 Å². The Kier molecular flexibility index (Phi) is 4.86. The Balaban J connectivity index is 2.03. The lowest BCUT2D eigenvalue weighted by Crippen LogP contribution is -2.18. The standard InChI is InChI=1S/C15H22IN/c1-11-6-5-9-13(15(11)16)14(17)10-12-7-3-2-4-8-12/h5-6,9,12,14H,2-4,7-8,10,17H2,1H3. The molecule has 1 unspecified atom stereocenters. The average molecular weight is 343 g/mol. The van der Waals surface area contributed by atoms with E-state index in [4.69, 9.17) is 5.73 Å². The van der Waals surface area contributed by atoms with Gasteiger partial charge < -0.3 is 5.73 Å². The van der Waals surface area contributed by atoms with Gasteiger partial charge in [-0.3, -0.25) is 0 Å². The minimum Gasteiger partial charge on any atom is -0.324 e. The summed E-state index contributed by atoms with van der Waals surface area (Å²) in [6.07, 6.45) is 8.17. The number of rotatable bonds is 3. The van der Waals surface area contributed by atoms with E-state index in [1.54, 1.807) is 0 Å². The van der Waals surface area contributed by atoms with E-state index in [1.807, 2.05) is 0 Å². The monoisotopic (exact) mass is 343 g/mol. The minimum absolute atomic E-state index is 0.227. The molecule has 0 aliphatic heterocycles. The van der Waals surface area contributed by atoms with Crippen LogP contribution in [0.1, 0.15) is 55.7 Å². The Morgan fingerprint density at radius 2 is 2.00 bits per heavy atom. The van der Waals surface area contributed by atoms with Gasteiger partial charge in [-0.2, -0.15) is 0 Å². The second-order valence-corrected chi connectivity index (χ2v) is 6.40. The molecule has 1 nitrogen and oxygen atoms in total. The molecule has 0 amide bonds. The first-order valence-corrected chi connectivity index (χ1v) is 7.77. The number of hydrogen-bond acceptors (Lipinski definition) is 1. The molecular weight excluding hydrogens is 321 g/mol. The predicted molar refractivity (Wildman–Crippen MR) is 82.0 cm³/mol. The molecule has 17 heavy (non-hydrogen) atoms. The Morgan fingerprint density at radius 3 is 2.71 bits per heavy atom. The fourth-order valence-corrected chi connectivity index (χ4v) is 3.62. The molecule has 2 rings (SSSR count). The van der Waals surface area contributed by atoms with Crippen LogP contribution in [0.5, 0.6) is 0 Å². The largest absolute Gasteiger partial charge is 0.324 e. The van der Waals surface area contributed by atoms with Gasteiger partial charge in [0, 0.05) is 9.61 Å². The van der Waals surface area contributed by atoms with Crippen LogP contribution in [0.2, 0.25) is 0 Å². The van der Waals surface area contributed by atoms with Gasteiger partial charge in [-0.15, -0.1) is 0 Å². The molecule has 2 N–H and O–H groups in total. The number of benzene rings is 1. The van der Waals surface area contributed by atoms with Crippen LogP contribution in [-0.2, 0) is 0 Å². The highest BCUT2D eigenvalue weighted by Gasteiger charge is 2.19. The van der Waals surface area contributed by atoms with Gasteiger partial charge in [0.25, 0.3) is 0 Å². The van der Waals surface area contributed by atoms with E-state index < -0.39 is 0 Å². The van der Waals surface area contributed by atoms with E-state index >= 15 is 0 Å². The van der Waals surface area contributed by atoms with Gasteiger partial charge in [0.15, 0.2) is 0 Å². The van der Waals surface area contributed by atoms with Crippen LogP contribution in [0.4, 0.5) is 0 Å². The summed E-state index contributed by atoms with van der Waals surface area (Å²) in [5.41, 5.74) is 9.08. The molecule has 0 radical (unpaired) electrons. The van der Waals surface area contributed by atoms with Crippen molar-refractivity contribution in [2.45, 2.75) is 51.5 Å². The molecule has 1 aromatic rings. The molecule has 0 spiro atoms. The molecular formula is C15H22IN.